The molecule has 0 unspecified atom stereocenters. The van der Waals surface area contributed by atoms with E-state index in [2.05, 4.69) is 17.2 Å². The van der Waals surface area contributed by atoms with Crippen LogP contribution in [-0.4, -0.2) is 18.1 Å². The van der Waals surface area contributed by atoms with Gasteiger partial charge in [0.15, 0.2) is 0 Å². The topological polar surface area (TPSA) is 47.3 Å². The summed E-state index contributed by atoms with van der Waals surface area (Å²) in [6.45, 7) is 5.18. The Morgan fingerprint density at radius 3 is 3.05 bits per heavy atom. The number of furan rings is 1. The molecule has 1 N–H and O–H groups in total. The molecule has 0 aliphatic rings. The molecular formula is C16H22N2O2. The van der Waals surface area contributed by atoms with Crippen LogP contribution in [0.4, 0.5) is 0 Å². The van der Waals surface area contributed by atoms with E-state index in [0.29, 0.717) is 13.2 Å². The predicted octanol–water partition coefficient (Wildman–Crippen LogP) is 2.93. The third-order valence-electron chi connectivity index (χ3n) is 3.04. The van der Waals surface area contributed by atoms with Gasteiger partial charge in [-0.3, -0.25) is 4.98 Å². The molecular weight excluding hydrogens is 252 g/mol. The monoisotopic (exact) mass is 274 g/mol. The lowest BCUT2D eigenvalue weighted by molar-refractivity contribution is 0.107. The Kier molecular flexibility index (Phi) is 6.27. The molecule has 0 radical (unpaired) electrons. The van der Waals surface area contributed by atoms with E-state index in [4.69, 9.17) is 9.15 Å². The Morgan fingerprint density at radius 2 is 2.25 bits per heavy atom. The molecule has 0 aliphatic carbocycles. The van der Waals surface area contributed by atoms with E-state index in [1.807, 2.05) is 24.3 Å². The molecule has 2 aromatic rings. The Hall–Kier alpha value is -1.65. The van der Waals surface area contributed by atoms with Gasteiger partial charge < -0.3 is 14.5 Å². The average Bonchev–Trinajstić information content (AvgIpc) is 2.93. The van der Waals surface area contributed by atoms with Gasteiger partial charge in [0.2, 0.25) is 0 Å². The van der Waals surface area contributed by atoms with E-state index in [0.717, 1.165) is 37.4 Å². The fourth-order valence-corrected chi connectivity index (χ4v) is 1.94. The van der Waals surface area contributed by atoms with Gasteiger partial charge in [0.1, 0.15) is 12.4 Å². The van der Waals surface area contributed by atoms with Gasteiger partial charge in [-0.05, 0) is 31.2 Å². The fourth-order valence-electron chi connectivity index (χ4n) is 1.94. The second-order valence-electron chi connectivity index (χ2n) is 4.67. The summed E-state index contributed by atoms with van der Waals surface area (Å²) in [5.41, 5.74) is 2.23. The molecule has 0 fully saturated rings. The van der Waals surface area contributed by atoms with Crippen LogP contribution in [0.25, 0.3) is 0 Å². The van der Waals surface area contributed by atoms with E-state index < -0.39 is 0 Å². The first kappa shape index (κ1) is 14.8. The molecule has 0 bridgehead atoms. The summed E-state index contributed by atoms with van der Waals surface area (Å²) in [6.07, 6.45) is 5.48. The van der Waals surface area contributed by atoms with Crippen LogP contribution in [0.1, 0.15) is 30.4 Å². The SMILES string of the molecule is CCCNCc1ccoc1COCCc1ccccn1. The molecule has 4 heteroatoms. The van der Waals surface area contributed by atoms with Crippen molar-refractivity contribution in [3.05, 3.63) is 53.7 Å². The molecule has 2 aromatic heterocycles. The summed E-state index contributed by atoms with van der Waals surface area (Å²) in [5.74, 6) is 0.912. The van der Waals surface area contributed by atoms with Crippen molar-refractivity contribution in [1.29, 1.82) is 0 Å². The van der Waals surface area contributed by atoms with Crippen molar-refractivity contribution < 1.29 is 9.15 Å². The van der Waals surface area contributed by atoms with E-state index in [9.17, 15) is 0 Å². The van der Waals surface area contributed by atoms with Crippen molar-refractivity contribution in [2.45, 2.75) is 32.9 Å². The summed E-state index contributed by atoms with van der Waals surface area (Å²) >= 11 is 0. The Labute approximate surface area is 120 Å². The summed E-state index contributed by atoms with van der Waals surface area (Å²) < 4.78 is 11.1. The Balaban J connectivity index is 1.70. The van der Waals surface area contributed by atoms with Crippen LogP contribution in [-0.2, 0) is 24.3 Å². The minimum absolute atomic E-state index is 0.517. The minimum atomic E-state index is 0.517. The van der Waals surface area contributed by atoms with Crippen molar-refractivity contribution in [1.82, 2.24) is 10.3 Å². The second kappa shape index (κ2) is 8.51. The average molecular weight is 274 g/mol. The molecule has 0 spiro atoms. The summed E-state index contributed by atoms with van der Waals surface area (Å²) in [6, 6.07) is 7.92. The van der Waals surface area contributed by atoms with Gasteiger partial charge in [-0.2, -0.15) is 0 Å². The highest BCUT2D eigenvalue weighted by atomic mass is 16.5. The molecule has 108 valence electrons. The van der Waals surface area contributed by atoms with Crippen molar-refractivity contribution in [3.63, 3.8) is 0 Å². The zero-order valence-electron chi connectivity index (χ0n) is 12.0. The predicted molar refractivity (Wildman–Crippen MR) is 78.3 cm³/mol. The molecule has 20 heavy (non-hydrogen) atoms. The van der Waals surface area contributed by atoms with E-state index >= 15 is 0 Å². The molecule has 4 nitrogen and oxygen atoms in total. The maximum Gasteiger partial charge on any atom is 0.133 e. The maximum atomic E-state index is 5.67. The molecule has 2 rings (SSSR count). The van der Waals surface area contributed by atoms with Crippen LogP contribution < -0.4 is 5.32 Å². The standard InChI is InChI=1S/C16H22N2O2/c1-2-8-17-12-14-6-11-20-16(14)13-19-10-7-15-5-3-4-9-18-15/h3-6,9,11,17H,2,7-8,10,12-13H2,1H3. The van der Waals surface area contributed by atoms with Crippen LogP contribution >= 0.6 is 0 Å². The minimum Gasteiger partial charge on any atom is -0.467 e. The molecule has 0 aliphatic heterocycles. The van der Waals surface area contributed by atoms with Crippen LogP contribution in [0.2, 0.25) is 0 Å². The Morgan fingerprint density at radius 1 is 1.30 bits per heavy atom. The van der Waals surface area contributed by atoms with Crippen LogP contribution in [0.5, 0.6) is 0 Å². The lowest BCUT2D eigenvalue weighted by atomic mass is 10.2. The highest BCUT2D eigenvalue weighted by molar-refractivity contribution is 5.16. The van der Waals surface area contributed by atoms with Gasteiger partial charge in [-0.25, -0.2) is 0 Å². The first-order chi connectivity index (χ1) is 9.90. The smallest absolute Gasteiger partial charge is 0.133 e. The number of nitrogens with one attached hydrogen (secondary N) is 1. The highest BCUT2D eigenvalue weighted by Gasteiger charge is 2.06. The molecule has 0 atom stereocenters. The van der Waals surface area contributed by atoms with E-state index in [1.165, 1.54) is 5.56 Å². The number of hydrogen-bond acceptors (Lipinski definition) is 4. The molecule has 0 amide bonds. The number of pyridine rings is 1. The molecule has 2 heterocycles. The Bertz CT molecular complexity index is 482. The van der Waals surface area contributed by atoms with Gasteiger partial charge in [0, 0.05) is 30.4 Å². The largest absolute Gasteiger partial charge is 0.467 e. The van der Waals surface area contributed by atoms with Crippen LogP contribution in [0, 0.1) is 0 Å². The van der Waals surface area contributed by atoms with Gasteiger partial charge >= 0.3 is 0 Å². The van der Waals surface area contributed by atoms with Crippen molar-refractivity contribution in [2.75, 3.05) is 13.2 Å². The number of nitrogens with zero attached hydrogens (tertiary/aromatic N) is 1. The number of rotatable bonds is 9. The third-order valence-corrected chi connectivity index (χ3v) is 3.04. The van der Waals surface area contributed by atoms with E-state index in [1.54, 1.807) is 12.5 Å². The van der Waals surface area contributed by atoms with Crippen molar-refractivity contribution in [2.24, 2.45) is 0 Å². The van der Waals surface area contributed by atoms with Gasteiger partial charge in [-0.15, -0.1) is 0 Å². The lowest BCUT2D eigenvalue weighted by Gasteiger charge is -2.05. The second-order valence-corrected chi connectivity index (χ2v) is 4.67. The van der Waals surface area contributed by atoms with Crippen LogP contribution in [0.3, 0.4) is 0 Å². The summed E-state index contributed by atoms with van der Waals surface area (Å²) in [5, 5.41) is 3.37. The lowest BCUT2D eigenvalue weighted by Crippen LogP contribution is -2.14. The van der Waals surface area contributed by atoms with Crippen molar-refractivity contribution >= 4 is 0 Å². The molecule has 0 saturated carbocycles. The van der Waals surface area contributed by atoms with Gasteiger partial charge in [0.25, 0.3) is 0 Å². The molecule has 0 saturated heterocycles. The third kappa shape index (κ3) is 4.79. The zero-order valence-corrected chi connectivity index (χ0v) is 12.0. The van der Waals surface area contributed by atoms with Gasteiger partial charge in [0.05, 0.1) is 12.9 Å². The number of hydrogen-bond donors (Lipinski definition) is 1. The van der Waals surface area contributed by atoms with E-state index in [-0.39, 0.29) is 0 Å². The van der Waals surface area contributed by atoms with Gasteiger partial charge in [-0.1, -0.05) is 13.0 Å². The molecule has 0 aromatic carbocycles. The number of ether oxygens (including phenoxy) is 1. The number of aromatic nitrogens is 1. The zero-order chi connectivity index (χ0) is 14.0. The van der Waals surface area contributed by atoms with Crippen LogP contribution in [0.15, 0.2) is 41.1 Å². The maximum absolute atomic E-state index is 5.67. The first-order valence-electron chi connectivity index (χ1n) is 7.13. The van der Waals surface area contributed by atoms with Crippen molar-refractivity contribution in [3.8, 4) is 0 Å². The summed E-state index contributed by atoms with van der Waals surface area (Å²) in [4.78, 5) is 4.27. The summed E-state index contributed by atoms with van der Waals surface area (Å²) in [7, 11) is 0. The first-order valence-corrected chi connectivity index (χ1v) is 7.13. The normalized spacial score (nSPS) is 10.8. The fraction of sp³-hybridized carbons (Fsp3) is 0.438. The highest BCUT2D eigenvalue weighted by Crippen LogP contribution is 2.12. The quantitative estimate of drug-likeness (QED) is 0.714.